The summed E-state index contributed by atoms with van der Waals surface area (Å²) < 4.78 is 0. The van der Waals surface area contributed by atoms with Crippen LogP contribution < -0.4 is 4.90 Å². The molecule has 5 aromatic rings. The first-order chi connectivity index (χ1) is 20.5. The molecule has 4 heterocycles. The topological polar surface area (TPSA) is 29.0 Å². The van der Waals surface area contributed by atoms with E-state index in [2.05, 4.69) is 150 Å². The molecule has 3 nitrogen and oxygen atoms in total. The van der Waals surface area contributed by atoms with E-state index < -0.39 is 0 Å². The number of aromatic nitrogens is 2. The van der Waals surface area contributed by atoms with E-state index in [9.17, 15) is 0 Å². The number of fused-ring (bicyclic) bond motifs is 4. The van der Waals surface area contributed by atoms with Gasteiger partial charge in [0.15, 0.2) is 0 Å². The zero-order valence-electron chi connectivity index (χ0n) is 27.1. The zero-order chi connectivity index (χ0) is 30.7. The van der Waals surface area contributed by atoms with Crippen LogP contribution in [0.3, 0.4) is 0 Å². The molecule has 0 saturated heterocycles. The van der Waals surface area contributed by atoms with Gasteiger partial charge in [0.25, 0.3) is 0 Å². The summed E-state index contributed by atoms with van der Waals surface area (Å²) in [5, 5.41) is 0. The Hall–Kier alpha value is -4.24. The third kappa shape index (κ3) is 4.49. The highest BCUT2D eigenvalue weighted by molar-refractivity contribution is 5.91. The van der Waals surface area contributed by atoms with E-state index in [0.29, 0.717) is 0 Å². The van der Waals surface area contributed by atoms with Crippen LogP contribution in [0.15, 0.2) is 97.1 Å². The third-order valence-corrected chi connectivity index (χ3v) is 9.21. The van der Waals surface area contributed by atoms with Crippen molar-refractivity contribution in [2.75, 3.05) is 4.90 Å². The number of hydrogen-bond donors (Lipinski definition) is 0. The van der Waals surface area contributed by atoms with Crippen molar-refractivity contribution in [2.24, 2.45) is 0 Å². The Bertz CT molecular complexity index is 1680. The van der Waals surface area contributed by atoms with Gasteiger partial charge in [0.05, 0.1) is 17.1 Å². The van der Waals surface area contributed by atoms with Crippen LogP contribution in [0.2, 0.25) is 0 Å². The predicted octanol–water partition coefficient (Wildman–Crippen LogP) is 10.9. The Kier molecular flexibility index (Phi) is 6.84. The van der Waals surface area contributed by atoms with E-state index in [0.717, 1.165) is 34.2 Å². The van der Waals surface area contributed by atoms with Crippen molar-refractivity contribution in [1.29, 1.82) is 0 Å². The molecule has 2 aliphatic heterocycles. The number of benzene rings is 3. The standard InChI is InChI=1S/C38H37N3.C2H6/c1-36(2,3)26-22-29-33-30(23-26)38(6,7)28-19-21-32(25-16-12-9-13-17-25)40-35(28)41(33)34-27(37(29,4)5)18-20-31(39-34)24-14-10-8-11-15-24;1-2/h8-23H,1-7H3;1-2H3. The zero-order valence-corrected chi connectivity index (χ0v) is 27.1. The lowest BCUT2D eigenvalue weighted by molar-refractivity contribution is 0.561. The summed E-state index contributed by atoms with van der Waals surface area (Å²) in [6.07, 6.45) is 0. The van der Waals surface area contributed by atoms with Crippen LogP contribution in [0.5, 0.6) is 0 Å². The third-order valence-electron chi connectivity index (χ3n) is 9.21. The second-order valence-corrected chi connectivity index (χ2v) is 13.6. The van der Waals surface area contributed by atoms with Gasteiger partial charge in [0.1, 0.15) is 11.6 Å². The Balaban J connectivity index is 0.00000161. The molecule has 0 unspecified atom stereocenters. The van der Waals surface area contributed by atoms with Crippen molar-refractivity contribution in [2.45, 2.75) is 78.6 Å². The van der Waals surface area contributed by atoms with Crippen molar-refractivity contribution in [3.8, 4) is 22.5 Å². The van der Waals surface area contributed by atoms with E-state index in [1.165, 1.54) is 33.5 Å². The van der Waals surface area contributed by atoms with Crippen molar-refractivity contribution in [3.05, 3.63) is 125 Å². The molecule has 3 heteroatoms. The molecule has 0 atom stereocenters. The minimum Gasteiger partial charge on any atom is -0.278 e. The summed E-state index contributed by atoms with van der Waals surface area (Å²) >= 11 is 0. The van der Waals surface area contributed by atoms with Gasteiger partial charge in [-0.05, 0) is 34.2 Å². The van der Waals surface area contributed by atoms with Gasteiger partial charge in [-0.2, -0.15) is 0 Å². The quantitative estimate of drug-likeness (QED) is 0.213. The van der Waals surface area contributed by atoms with E-state index in [-0.39, 0.29) is 16.2 Å². The molecule has 218 valence electrons. The van der Waals surface area contributed by atoms with Gasteiger partial charge < -0.3 is 0 Å². The highest BCUT2D eigenvalue weighted by Gasteiger charge is 2.47. The smallest absolute Gasteiger partial charge is 0.143 e. The molecule has 43 heavy (non-hydrogen) atoms. The van der Waals surface area contributed by atoms with Crippen LogP contribution in [0.1, 0.15) is 90.1 Å². The van der Waals surface area contributed by atoms with Crippen molar-refractivity contribution < 1.29 is 0 Å². The van der Waals surface area contributed by atoms with Crippen LogP contribution in [-0.4, -0.2) is 9.97 Å². The van der Waals surface area contributed by atoms with Crippen LogP contribution >= 0.6 is 0 Å². The first-order valence-corrected chi connectivity index (χ1v) is 15.6. The first-order valence-electron chi connectivity index (χ1n) is 15.6. The molecule has 0 bridgehead atoms. The molecule has 0 amide bonds. The number of anilines is 3. The summed E-state index contributed by atoms with van der Waals surface area (Å²) in [7, 11) is 0. The monoisotopic (exact) mass is 565 g/mol. The van der Waals surface area contributed by atoms with Crippen LogP contribution in [0, 0.1) is 0 Å². The van der Waals surface area contributed by atoms with Crippen molar-refractivity contribution in [3.63, 3.8) is 0 Å². The summed E-state index contributed by atoms with van der Waals surface area (Å²) in [4.78, 5) is 13.2. The first kappa shape index (κ1) is 28.9. The summed E-state index contributed by atoms with van der Waals surface area (Å²) in [6.45, 7) is 20.4. The minimum atomic E-state index is -0.232. The molecule has 0 fully saturated rings. The van der Waals surface area contributed by atoms with Gasteiger partial charge in [-0.15, -0.1) is 0 Å². The maximum atomic E-state index is 5.41. The Morgan fingerprint density at radius 2 is 0.930 bits per heavy atom. The minimum absolute atomic E-state index is 0.0217. The highest BCUT2D eigenvalue weighted by Crippen LogP contribution is 2.60. The lowest BCUT2D eigenvalue weighted by Crippen LogP contribution is -2.39. The molecule has 0 N–H and O–H groups in total. The normalized spacial score (nSPS) is 15.4. The lowest BCUT2D eigenvalue weighted by atomic mass is 9.65. The number of rotatable bonds is 2. The molecule has 2 aromatic heterocycles. The average molecular weight is 566 g/mol. The summed E-state index contributed by atoms with van der Waals surface area (Å²) in [5.74, 6) is 1.95. The molecular weight excluding hydrogens is 522 g/mol. The average Bonchev–Trinajstić information content (AvgIpc) is 3.01. The van der Waals surface area contributed by atoms with Crippen LogP contribution in [-0.2, 0) is 16.2 Å². The van der Waals surface area contributed by atoms with E-state index in [4.69, 9.17) is 9.97 Å². The largest absolute Gasteiger partial charge is 0.278 e. The Morgan fingerprint density at radius 3 is 1.30 bits per heavy atom. The number of pyridine rings is 2. The van der Waals surface area contributed by atoms with Gasteiger partial charge >= 0.3 is 0 Å². The SMILES string of the molecule is CC.CC(C)(C)c1cc2c3c(c1)C(C)(C)c1ccc(-c4ccccc4)nc1N3c1nc(-c3ccccc3)ccc1C2(C)C. The van der Waals surface area contributed by atoms with Gasteiger partial charge in [0.2, 0.25) is 0 Å². The van der Waals surface area contributed by atoms with Gasteiger partial charge in [0, 0.05) is 33.1 Å². The Morgan fingerprint density at radius 1 is 0.535 bits per heavy atom. The van der Waals surface area contributed by atoms with Crippen LogP contribution in [0.25, 0.3) is 22.5 Å². The molecule has 0 saturated carbocycles. The fraction of sp³-hybridized carbons (Fsp3) is 0.300. The molecule has 0 spiro atoms. The summed E-state index contributed by atoms with van der Waals surface area (Å²) in [5.41, 5.74) is 11.5. The van der Waals surface area contributed by atoms with E-state index in [1.54, 1.807) is 0 Å². The second kappa shape index (κ2) is 10.2. The number of nitrogens with zero attached hydrogens (tertiary/aromatic N) is 3. The lowest BCUT2D eigenvalue weighted by Gasteiger charge is -2.49. The molecular formula is C40H43N3. The molecule has 7 rings (SSSR count). The maximum Gasteiger partial charge on any atom is 0.143 e. The van der Waals surface area contributed by atoms with Gasteiger partial charge in [-0.3, -0.25) is 4.90 Å². The van der Waals surface area contributed by atoms with E-state index >= 15 is 0 Å². The van der Waals surface area contributed by atoms with Gasteiger partial charge in [-0.25, -0.2) is 9.97 Å². The predicted molar refractivity (Wildman–Crippen MR) is 182 cm³/mol. The maximum absolute atomic E-state index is 5.41. The molecule has 0 aliphatic carbocycles. The highest BCUT2D eigenvalue weighted by atomic mass is 15.3. The van der Waals surface area contributed by atoms with Crippen LogP contribution in [0.4, 0.5) is 17.3 Å². The fourth-order valence-electron chi connectivity index (χ4n) is 6.62. The summed E-state index contributed by atoms with van der Waals surface area (Å²) in [6, 6.07) is 34.8. The molecule has 2 aliphatic rings. The van der Waals surface area contributed by atoms with E-state index in [1.807, 2.05) is 13.8 Å². The molecule has 0 radical (unpaired) electrons. The number of hydrogen-bond acceptors (Lipinski definition) is 3. The second-order valence-electron chi connectivity index (χ2n) is 13.6. The van der Waals surface area contributed by atoms with Gasteiger partial charge in [-0.1, -0.05) is 147 Å². The Labute approximate surface area is 257 Å². The fourth-order valence-corrected chi connectivity index (χ4v) is 6.62. The molecule has 3 aromatic carbocycles. The van der Waals surface area contributed by atoms with Crippen molar-refractivity contribution in [1.82, 2.24) is 9.97 Å². The van der Waals surface area contributed by atoms with Crippen molar-refractivity contribution >= 4 is 17.3 Å².